The maximum Gasteiger partial charge on any atom is 0.224 e. The van der Waals surface area contributed by atoms with Gasteiger partial charge < -0.3 is 5.32 Å². The van der Waals surface area contributed by atoms with Crippen LogP contribution >= 0.6 is 11.3 Å². The normalized spacial score (nSPS) is 17.0. The summed E-state index contributed by atoms with van der Waals surface area (Å²) in [5.41, 5.74) is 2.00. The average Bonchev–Trinajstić information content (AvgIpc) is 2.54. The number of carbonyl (C=O) groups is 1. The van der Waals surface area contributed by atoms with Crippen LogP contribution in [0.2, 0.25) is 0 Å². The molecule has 4 heteroatoms. The van der Waals surface area contributed by atoms with Crippen LogP contribution in [0.15, 0.2) is 23.0 Å². The van der Waals surface area contributed by atoms with E-state index < -0.39 is 0 Å². The highest BCUT2D eigenvalue weighted by atomic mass is 32.1. The van der Waals surface area contributed by atoms with Crippen LogP contribution in [0.3, 0.4) is 0 Å². The summed E-state index contributed by atoms with van der Waals surface area (Å²) in [4.78, 5) is 25.7. The fourth-order valence-electron chi connectivity index (χ4n) is 3.29. The van der Waals surface area contributed by atoms with Crippen LogP contribution in [0.1, 0.15) is 50.0 Å². The van der Waals surface area contributed by atoms with Crippen LogP contribution in [0.25, 0.3) is 10.1 Å². The Labute approximate surface area is 140 Å². The molecule has 0 aliphatic heterocycles. The van der Waals surface area contributed by atoms with Gasteiger partial charge in [-0.3, -0.25) is 9.59 Å². The second kappa shape index (κ2) is 6.83. The number of fused-ring (bicyclic) bond motifs is 2. The van der Waals surface area contributed by atoms with Gasteiger partial charge in [-0.2, -0.15) is 0 Å². The lowest BCUT2D eigenvalue weighted by molar-refractivity contribution is -0.116. The second-order valence-corrected chi connectivity index (χ2v) is 7.50. The summed E-state index contributed by atoms with van der Waals surface area (Å²) in [5, 5.41) is 3.71. The molecule has 1 aromatic heterocycles. The highest BCUT2D eigenvalue weighted by Gasteiger charge is 2.21. The Bertz CT molecular complexity index is 794. The number of amides is 1. The second-order valence-electron chi connectivity index (χ2n) is 6.36. The first-order chi connectivity index (χ1) is 11.1. The molecule has 1 amide bonds. The number of hydrogen-bond donors (Lipinski definition) is 1. The zero-order chi connectivity index (χ0) is 16.4. The smallest absolute Gasteiger partial charge is 0.224 e. The van der Waals surface area contributed by atoms with Crippen molar-refractivity contribution in [1.82, 2.24) is 0 Å². The summed E-state index contributed by atoms with van der Waals surface area (Å²) < 4.78 is 0.986. The Morgan fingerprint density at radius 1 is 1.35 bits per heavy atom. The van der Waals surface area contributed by atoms with E-state index in [1.807, 2.05) is 25.1 Å². The van der Waals surface area contributed by atoms with Crippen molar-refractivity contribution in [3.8, 4) is 0 Å². The summed E-state index contributed by atoms with van der Waals surface area (Å²) >= 11 is 1.73. The standard InChI is InChI=1S/C19H23NO2S/c1-3-5-18(21)20-13-7-9-15-17(11-13)23-16-10-12(4-2)6-8-14(16)19(15)22/h7,9,11-12H,3-6,8,10H2,1-2H3,(H,20,21). The Hall–Kier alpha value is -1.68. The monoisotopic (exact) mass is 329 g/mol. The van der Waals surface area contributed by atoms with Gasteiger partial charge in [0.15, 0.2) is 5.43 Å². The number of carbonyl (C=O) groups excluding carboxylic acids is 1. The van der Waals surface area contributed by atoms with Crippen LogP contribution in [0.5, 0.6) is 0 Å². The molecule has 1 aliphatic carbocycles. The number of benzene rings is 1. The van der Waals surface area contributed by atoms with Crippen molar-refractivity contribution in [2.24, 2.45) is 5.92 Å². The molecular formula is C19H23NO2S. The quantitative estimate of drug-likeness (QED) is 0.896. The minimum absolute atomic E-state index is 0.0307. The molecule has 122 valence electrons. The lowest BCUT2D eigenvalue weighted by Gasteiger charge is -2.22. The van der Waals surface area contributed by atoms with Crippen LogP contribution in [-0.2, 0) is 17.6 Å². The van der Waals surface area contributed by atoms with Gasteiger partial charge in [-0.1, -0.05) is 20.3 Å². The van der Waals surface area contributed by atoms with E-state index in [1.54, 1.807) is 11.3 Å². The maximum absolute atomic E-state index is 12.7. The highest BCUT2D eigenvalue weighted by molar-refractivity contribution is 7.18. The molecule has 0 bridgehead atoms. The maximum atomic E-state index is 12.7. The minimum atomic E-state index is 0.0307. The van der Waals surface area contributed by atoms with Crippen molar-refractivity contribution in [3.63, 3.8) is 0 Å². The topological polar surface area (TPSA) is 46.2 Å². The third kappa shape index (κ3) is 3.32. The molecule has 3 nitrogen and oxygen atoms in total. The first-order valence-electron chi connectivity index (χ1n) is 8.50. The van der Waals surface area contributed by atoms with E-state index in [1.165, 1.54) is 11.3 Å². The Morgan fingerprint density at radius 3 is 2.91 bits per heavy atom. The van der Waals surface area contributed by atoms with Crippen molar-refractivity contribution in [2.75, 3.05) is 5.32 Å². The predicted octanol–water partition coefficient (Wildman–Crippen LogP) is 4.52. The van der Waals surface area contributed by atoms with E-state index in [2.05, 4.69) is 12.2 Å². The van der Waals surface area contributed by atoms with E-state index in [0.717, 1.165) is 47.0 Å². The summed E-state index contributed by atoms with van der Waals surface area (Å²) in [6.45, 7) is 4.21. The lowest BCUT2D eigenvalue weighted by atomic mass is 9.87. The van der Waals surface area contributed by atoms with Gasteiger partial charge in [0.1, 0.15) is 0 Å². The molecular weight excluding hydrogens is 306 g/mol. The average molecular weight is 329 g/mol. The van der Waals surface area contributed by atoms with Crippen molar-refractivity contribution >= 4 is 33.0 Å². The molecule has 0 spiro atoms. The molecule has 0 saturated heterocycles. The van der Waals surface area contributed by atoms with Crippen molar-refractivity contribution < 1.29 is 4.79 Å². The molecule has 1 aliphatic rings. The molecule has 1 atom stereocenters. The number of rotatable bonds is 4. The summed E-state index contributed by atoms with van der Waals surface area (Å²) in [7, 11) is 0. The van der Waals surface area contributed by atoms with E-state index in [4.69, 9.17) is 0 Å². The van der Waals surface area contributed by atoms with Crippen molar-refractivity contribution in [1.29, 1.82) is 0 Å². The summed E-state index contributed by atoms with van der Waals surface area (Å²) in [6, 6.07) is 5.65. The van der Waals surface area contributed by atoms with Crippen LogP contribution in [-0.4, -0.2) is 5.91 Å². The summed E-state index contributed by atoms with van der Waals surface area (Å²) in [5.74, 6) is 0.728. The molecule has 3 rings (SSSR count). The molecule has 2 aromatic rings. The van der Waals surface area contributed by atoms with Crippen molar-refractivity contribution in [3.05, 3.63) is 38.9 Å². The van der Waals surface area contributed by atoms with Gasteiger partial charge >= 0.3 is 0 Å². The molecule has 1 aromatic carbocycles. The van der Waals surface area contributed by atoms with E-state index in [0.29, 0.717) is 12.3 Å². The zero-order valence-corrected chi connectivity index (χ0v) is 14.6. The molecule has 0 fully saturated rings. The summed E-state index contributed by atoms with van der Waals surface area (Å²) in [6.07, 6.45) is 5.59. The molecule has 0 radical (unpaired) electrons. The van der Waals surface area contributed by atoms with Gasteiger partial charge in [-0.05, 0) is 49.8 Å². The number of nitrogens with one attached hydrogen (secondary N) is 1. The lowest BCUT2D eigenvalue weighted by Crippen LogP contribution is -2.20. The molecule has 0 saturated carbocycles. The van der Waals surface area contributed by atoms with Crippen LogP contribution in [0.4, 0.5) is 5.69 Å². The van der Waals surface area contributed by atoms with Crippen LogP contribution in [0, 0.1) is 5.92 Å². The van der Waals surface area contributed by atoms with Crippen LogP contribution < -0.4 is 10.7 Å². The van der Waals surface area contributed by atoms with E-state index >= 15 is 0 Å². The number of anilines is 1. The van der Waals surface area contributed by atoms with Gasteiger partial charge in [0.25, 0.3) is 0 Å². The van der Waals surface area contributed by atoms with Gasteiger partial charge in [0.05, 0.1) is 0 Å². The first-order valence-corrected chi connectivity index (χ1v) is 9.32. The fourth-order valence-corrected chi connectivity index (χ4v) is 4.64. The molecule has 1 unspecified atom stereocenters. The van der Waals surface area contributed by atoms with Gasteiger partial charge in [0.2, 0.25) is 5.91 Å². The first kappa shape index (κ1) is 16.2. The number of hydrogen-bond acceptors (Lipinski definition) is 3. The van der Waals surface area contributed by atoms with Gasteiger partial charge in [-0.15, -0.1) is 11.3 Å². The Balaban J connectivity index is 1.99. The Morgan fingerprint density at radius 2 is 2.17 bits per heavy atom. The largest absolute Gasteiger partial charge is 0.326 e. The minimum Gasteiger partial charge on any atom is -0.326 e. The third-order valence-corrected chi connectivity index (χ3v) is 5.90. The molecule has 23 heavy (non-hydrogen) atoms. The SMILES string of the molecule is CCCC(=O)Nc1ccc2c(=O)c3c(sc2c1)CC(CC)CC3. The third-order valence-electron chi connectivity index (χ3n) is 4.68. The predicted molar refractivity (Wildman–Crippen MR) is 97.4 cm³/mol. The van der Waals surface area contributed by atoms with Gasteiger partial charge in [0, 0.05) is 32.6 Å². The zero-order valence-electron chi connectivity index (χ0n) is 13.8. The highest BCUT2D eigenvalue weighted by Crippen LogP contribution is 2.32. The molecule has 1 N–H and O–H groups in total. The van der Waals surface area contributed by atoms with Gasteiger partial charge in [-0.25, -0.2) is 0 Å². The van der Waals surface area contributed by atoms with E-state index in [9.17, 15) is 9.59 Å². The van der Waals surface area contributed by atoms with Crippen molar-refractivity contribution in [2.45, 2.75) is 52.4 Å². The van der Waals surface area contributed by atoms with E-state index in [-0.39, 0.29) is 11.3 Å². The Kier molecular flexibility index (Phi) is 4.81. The fraction of sp³-hybridized carbons (Fsp3) is 0.474. The molecule has 1 heterocycles.